The molecular weight excluding hydrogens is 596 g/mol. The fourth-order valence-electron chi connectivity index (χ4n) is 4.15. The molecule has 0 fully saturated rings. The van der Waals surface area contributed by atoms with Crippen molar-refractivity contribution in [1.82, 2.24) is 24.9 Å². The summed E-state index contributed by atoms with van der Waals surface area (Å²) in [5.74, 6) is -0.766. The number of likely N-dealkylation sites (N-methyl/N-ethyl adjacent to an activating group) is 2. The molecule has 0 rings (SSSR count). The average molecular weight is 673 g/mol. The number of hydrogen-bond donors (Lipinski definition) is 3. The van der Waals surface area contributed by atoms with E-state index in [0.29, 0.717) is 45.6 Å². The predicted molar refractivity (Wildman–Crippen MR) is 196 cm³/mol. The Morgan fingerprint density at radius 1 is 0.638 bits per heavy atom. The number of aliphatic carboxylic acids is 1. The molecule has 11 nitrogen and oxygen atoms in total. The minimum Gasteiger partial charge on any atom is -0.481 e. The molecule has 0 aliphatic heterocycles. The van der Waals surface area contributed by atoms with Gasteiger partial charge in [-0.1, -0.05) is 62.3 Å². The van der Waals surface area contributed by atoms with E-state index in [1.54, 1.807) is 6.92 Å². The van der Waals surface area contributed by atoms with Crippen molar-refractivity contribution in [2.24, 2.45) is 22.5 Å². The van der Waals surface area contributed by atoms with Gasteiger partial charge in [-0.2, -0.15) is 0 Å². The molecule has 47 heavy (non-hydrogen) atoms. The molecule has 0 saturated heterocycles. The van der Waals surface area contributed by atoms with Crippen LogP contribution in [0.3, 0.4) is 0 Å². The first-order valence-electron chi connectivity index (χ1n) is 16.9. The van der Waals surface area contributed by atoms with Gasteiger partial charge in [0.1, 0.15) is 0 Å². The van der Waals surface area contributed by atoms with Crippen molar-refractivity contribution >= 4 is 23.8 Å². The van der Waals surface area contributed by atoms with E-state index in [4.69, 9.17) is 10.8 Å². The van der Waals surface area contributed by atoms with Gasteiger partial charge in [-0.15, -0.1) is 0 Å². The van der Waals surface area contributed by atoms with Crippen molar-refractivity contribution in [3.05, 3.63) is 0 Å². The largest absolute Gasteiger partial charge is 0.481 e. The molecule has 0 spiro atoms. The third-order valence-electron chi connectivity index (χ3n) is 8.20. The molecule has 0 aromatic rings. The van der Waals surface area contributed by atoms with Crippen LogP contribution >= 0.6 is 0 Å². The molecule has 4 N–H and O–H groups in total. The maximum atomic E-state index is 12.7. The number of unbranched alkanes of at least 4 members (excludes halogenated alkanes) is 1. The van der Waals surface area contributed by atoms with Gasteiger partial charge in [-0.05, 0) is 74.9 Å². The van der Waals surface area contributed by atoms with Gasteiger partial charge in [0.05, 0.1) is 5.92 Å². The van der Waals surface area contributed by atoms with Gasteiger partial charge in [0.2, 0.25) is 11.8 Å². The second-order valence-corrected chi connectivity index (χ2v) is 16.6. The molecule has 0 radical (unpaired) electrons. The topological polar surface area (TPSA) is 140 Å². The van der Waals surface area contributed by atoms with Crippen LogP contribution in [0.25, 0.3) is 0 Å². The number of primary amides is 1. The van der Waals surface area contributed by atoms with E-state index >= 15 is 0 Å². The van der Waals surface area contributed by atoms with Crippen molar-refractivity contribution in [3.63, 3.8) is 0 Å². The number of nitrogens with two attached hydrogens (primary N) is 1. The van der Waals surface area contributed by atoms with Crippen LogP contribution in [0.15, 0.2) is 0 Å². The van der Waals surface area contributed by atoms with E-state index in [1.165, 1.54) is 0 Å². The monoisotopic (exact) mass is 673 g/mol. The fourth-order valence-corrected chi connectivity index (χ4v) is 4.15. The van der Waals surface area contributed by atoms with E-state index < -0.39 is 22.8 Å². The highest BCUT2D eigenvalue weighted by Gasteiger charge is 2.29. The second kappa shape index (κ2) is 21.5. The Balaban J connectivity index is -0.000000810. The fraction of sp³-hybridized carbons (Fsp3) is 0.889. The highest BCUT2D eigenvalue weighted by molar-refractivity contribution is 5.82. The van der Waals surface area contributed by atoms with Gasteiger partial charge in [0.15, 0.2) is 0 Å². The summed E-state index contributed by atoms with van der Waals surface area (Å²) in [5, 5.41) is 11.5. The molecule has 1 atom stereocenters. The first-order chi connectivity index (χ1) is 20.6. The molecule has 0 unspecified atom stereocenters. The Morgan fingerprint density at radius 2 is 1.00 bits per heavy atom. The minimum atomic E-state index is -0.746. The standard InChI is InChI=1S/C19H38N2O3.C16H34N4O2.CH4/c1-15(16(22)23)11-9-10-12-21(17(24)18(2,3)4)14-13-20(8)19(5,6)7;1-15(2,3)13(21)20(10-8-9-18-14(17)22)12-11-19(7)16(4,5)6;/h15H,9-14H2,1-8H3,(H,22,23);8-12H2,1-7H3,(H3,17,18,22);1H4/t15-;;/m0../s1. The molecule has 0 bridgehead atoms. The molecule has 0 aliphatic rings. The van der Waals surface area contributed by atoms with Crippen LogP contribution in [0.5, 0.6) is 0 Å². The summed E-state index contributed by atoms with van der Waals surface area (Å²) in [6, 6.07) is -0.527. The van der Waals surface area contributed by atoms with Crippen molar-refractivity contribution in [2.75, 3.05) is 59.9 Å². The van der Waals surface area contributed by atoms with E-state index in [-0.39, 0.29) is 36.2 Å². The van der Waals surface area contributed by atoms with Gasteiger partial charge >= 0.3 is 12.0 Å². The van der Waals surface area contributed by atoms with Gasteiger partial charge in [-0.3, -0.25) is 24.2 Å². The molecule has 0 saturated carbocycles. The molecule has 280 valence electrons. The van der Waals surface area contributed by atoms with Crippen LogP contribution in [0.1, 0.15) is 123 Å². The molecule has 0 heterocycles. The van der Waals surface area contributed by atoms with Gasteiger partial charge in [-0.25, -0.2) is 4.79 Å². The molecule has 4 amide bonds. The third kappa shape index (κ3) is 22.7. The molecule has 0 aliphatic carbocycles. The smallest absolute Gasteiger partial charge is 0.312 e. The lowest BCUT2D eigenvalue weighted by atomic mass is 9.94. The first kappa shape index (κ1) is 49.0. The number of rotatable bonds is 16. The Kier molecular flexibility index (Phi) is 22.5. The van der Waals surface area contributed by atoms with E-state index in [0.717, 1.165) is 25.9 Å². The van der Waals surface area contributed by atoms with Crippen molar-refractivity contribution in [2.45, 2.75) is 134 Å². The maximum absolute atomic E-state index is 12.7. The molecule has 0 aromatic carbocycles. The van der Waals surface area contributed by atoms with Crippen molar-refractivity contribution in [3.8, 4) is 0 Å². The van der Waals surface area contributed by atoms with Crippen LogP contribution in [0.4, 0.5) is 4.79 Å². The molecule has 0 aromatic heterocycles. The Morgan fingerprint density at radius 3 is 1.30 bits per heavy atom. The Bertz CT molecular complexity index is 928. The third-order valence-corrected chi connectivity index (χ3v) is 8.20. The van der Waals surface area contributed by atoms with Crippen LogP contribution < -0.4 is 11.1 Å². The quantitative estimate of drug-likeness (QED) is 0.177. The summed E-state index contributed by atoms with van der Waals surface area (Å²) < 4.78 is 0. The Labute approximate surface area is 289 Å². The Hall–Kier alpha value is -2.40. The van der Waals surface area contributed by atoms with Gasteiger partial charge in [0.25, 0.3) is 0 Å². The molecule has 11 heteroatoms. The number of hydrogen-bond acceptors (Lipinski definition) is 6. The zero-order valence-electron chi connectivity index (χ0n) is 32.3. The first-order valence-corrected chi connectivity index (χ1v) is 16.9. The number of urea groups is 1. The zero-order chi connectivity index (χ0) is 36.7. The lowest BCUT2D eigenvalue weighted by molar-refractivity contribution is -0.142. The summed E-state index contributed by atoms with van der Waals surface area (Å²) >= 11 is 0. The SMILES string of the molecule is C.CN(CCN(CCCNC(N)=O)C(=O)C(C)(C)C)C(C)(C)C.C[C@@H](CCCCN(CCN(C)C(C)(C)C)C(=O)C(C)(C)C)C(=O)O. The summed E-state index contributed by atoms with van der Waals surface area (Å²) in [6.45, 7) is 31.1. The number of amides is 4. The number of carboxylic acid groups (broad SMARTS) is 1. The van der Waals surface area contributed by atoms with Crippen LogP contribution in [-0.2, 0) is 14.4 Å². The van der Waals surface area contributed by atoms with Crippen LogP contribution in [0.2, 0.25) is 0 Å². The van der Waals surface area contributed by atoms with Gasteiger partial charge < -0.3 is 26.0 Å². The summed E-state index contributed by atoms with van der Waals surface area (Å²) in [5.41, 5.74) is 4.40. The highest BCUT2D eigenvalue weighted by atomic mass is 16.4. The maximum Gasteiger partial charge on any atom is 0.312 e. The number of carbonyl (C=O) groups is 4. The lowest BCUT2D eigenvalue weighted by Crippen LogP contribution is -2.47. The van der Waals surface area contributed by atoms with E-state index in [9.17, 15) is 19.2 Å². The summed E-state index contributed by atoms with van der Waals surface area (Å²) in [4.78, 5) is 55.1. The van der Waals surface area contributed by atoms with Crippen LogP contribution in [0, 0.1) is 16.7 Å². The predicted octanol–water partition coefficient (Wildman–Crippen LogP) is 5.77. The van der Waals surface area contributed by atoms with Crippen molar-refractivity contribution < 1.29 is 24.3 Å². The number of carboxylic acids is 1. The summed E-state index contributed by atoms with van der Waals surface area (Å²) in [6.07, 6.45) is 3.04. The highest BCUT2D eigenvalue weighted by Crippen LogP contribution is 2.20. The second-order valence-electron chi connectivity index (χ2n) is 16.6. The van der Waals surface area contributed by atoms with Gasteiger partial charge in [0, 0.05) is 67.7 Å². The molecular formula is C36H76N6O5. The number of nitrogens with one attached hydrogen (secondary N) is 1. The lowest BCUT2D eigenvalue weighted by Gasteiger charge is -2.35. The normalized spacial score (nSPS) is 12.9. The van der Waals surface area contributed by atoms with E-state index in [2.05, 4.69) is 70.8 Å². The van der Waals surface area contributed by atoms with Crippen molar-refractivity contribution in [1.29, 1.82) is 0 Å². The minimum absolute atomic E-state index is 0. The zero-order valence-corrected chi connectivity index (χ0v) is 32.3. The van der Waals surface area contributed by atoms with Crippen LogP contribution in [-0.4, -0.2) is 120 Å². The number of carbonyl (C=O) groups excluding carboxylic acids is 3. The van der Waals surface area contributed by atoms with E-state index in [1.807, 2.05) is 51.3 Å². The summed E-state index contributed by atoms with van der Waals surface area (Å²) in [7, 11) is 4.14. The number of nitrogens with zero attached hydrogens (tertiary/aromatic N) is 4. The average Bonchev–Trinajstić information content (AvgIpc) is 2.88.